The van der Waals surface area contributed by atoms with Crippen LogP contribution in [0.4, 0.5) is 15.6 Å². The predicted octanol–water partition coefficient (Wildman–Crippen LogP) is 3.76. The number of aromatic carboxylic acids is 1. The van der Waals surface area contributed by atoms with Gasteiger partial charge >= 0.3 is 12.0 Å². The van der Waals surface area contributed by atoms with E-state index < -0.39 is 12.0 Å². The monoisotopic (exact) mass is 325 g/mol. The fourth-order valence-corrected chi connectivity index (χ4v) is 2.51. The van der Waals surface area contributed by atoms with E-state index in [1.54, 1.807) is 0 Å². The smallest absolute Gasteiger partial charge is 0.335 e. The maximum absolute atomic E-state index is 11.9. The molecule has 0 bridgehead atoms. The predicted molar refractivity (Wildman–Crippen MR) is 82.6 cm³/mol. The number of amides is 2. The quantitative estimate of drug-likeness (QED) is 0.801. The molecule has 0 aliphatic heterocycles. The zero-order valence-corrected chi connectivity index (χ0v) is 12.8. The molecule has 0 saturated carbocycles. The molecule has 0 fully saturated rings. The lowest BCUT2D eigenvalue weighted by Gasteiger charge is -2.08. The van der Waals surface area contributed by atoms with Gasteiger partial charge < -0.3 is 10.4 Å². The molecule has 2 aromatic rings. The summed E-state index contributed by atoms with van der Waals surface area (Å²) in [4.78, 5) is 28.0. The zero-order chi connectivity index (χ0) is 15.6. The number of carboxylic acids is 1. The molecule has 2 amide bonds. The van der Waals surface area contributed by atoms with Crippen molar-refractivity contribution in [1.29, 1.82) is 0 Å². The van der Waals surface area contributed by atoms with Crippen molar-refractivity contribution >= 4 is 45.8 Å². The molecule has 0 aliphatic carbocycles. The largest absolute Gasteiger partial charge is 0.478 e. The molecule has 2 rings (SSSR count). The number of thiazole rings is 1. The fraction of sp³-hybridized carbons (Fsp3) is 0.154. The number of aromatic nitrogens is 1. The molecule has 0 atom stereocenters. The van der Waals surface area contributed by atoms with Crippen LogP contribution < -0.4 is 10.6 Å². The Labute approximate surface area is 129 Å². The zero-order valence-electron chi connectivity index (χ0n) is 11.2. The molecule has 6 nitrogen and oxygen atoms in total. The second-order valence-corrected chi connectivity index (χ2v) is 5.85. The first kappa shape index (κ1) is 15.3. The van der Waals surface area contributed by atoms with Crippen molar-refractivity contribution in [2.24, 2.45) is 0 Å². The van der Waals surface area contributed by atoms with E-state index in [0.29, 0.717) is 5.13 Å². The minimum Gasteiger partial charge on any atom is -0.478 e. The van der Waals surface area contributed by atoms with Gasteiger partial charge in [0.2, 0.25) is 0 Å². The second kappa shape index (κ2) is 6.11. The van der Waals surface area contributed by atoms with Gasteiger partial charge in [-0.15, -0.1) is 11.3 Å². The van der Waals surface area contributed by atoms with Crippen molar-refractivity contribution in [1.82, 2.24) is 4.98 Å². The molecule has 1 heterocycles. The molecule has 1 aromatic heterocycles. The maximum atomic E-state index is 11.9. The number of carbonyl (C=O) groups excluding carboxylic acids is 1. The lowest BCUT2D eigenvalue weighted by atomic mass is 10.2. The van der Waals surface area contributed by atoms with Crippen LogP contribution in [0.3, 0.4) is 0 Å². The number of carboxylic acid groups (broad SMARTS) is 1. The fourth-order valence-electron chi connectivity index (χ4n) is 1.53. The molecule has 21 heavy (non-hydrogen) atoms. The highest BCUT2D eigenvalue weighted by Crippen LogP contribution is 2.24. The Morgan fingerprint density at radius 2 is 2.00 bits per heavy atom. The topological polar surface area (TPSA) is 91.3 Å². The number of nitrogens with zero attached hydrogens (tertiary/aromatic N) is 1. The molecule has 110 valence electrons. The molecule has 0 unspecified atom stereocenters. The van der Waals surface area contributed by atoms with E-state index in [0.717, 1.165) is 10.6 Å². The summed E-state index contributed by atoms with van der Waals surface area (Å²) in [5, 5.41) is 14.7. The van der Waals surface area contributed by atoms with Crippen molar-refractivity contribution in [2.45, 2.75) is 13.8 Å². The van der Waals surface area contributed by atoms with E-state index in [-0.39, 0.29) is 16.3 Å². The van der Waals surface area contributed by atoms with Crippen molar-refractivity contribution in [3.05, 3.63) is 39.4 Å². The number of benzene rings is 1. The molecular weight excluding hydrogens is 314 g/mol. The normalized spacial score (nSPS) is 10.2. The van der Waals surface area contributed by atoms with Crippen molar-refractivity contribution in [2.75, 3.05) is 10.6 Å². The van der Waals surface area contributed by atoms with Crippen LogP contribution in [0, 0.1) is 13.8 Å². The Morgan fingerprint density at radius 1 is 1.29 bits per heavy atom. The van der Waals surface area contributed by atoms with Crippen molar-refractivity contribution < 1.29 is 14.7 Å². The standard InChI is InChI=1S/C13H12ClN3O3S/c1-6-7(2)21-13(15-6)17-12(20)16-10-5-8(11(18)19)3-4-9(10)14/h3-5H,1-2H3,(H,18,19)(H2,15,16,17,20). The third-order valence-corrected chi connectivity index (χ3v) is 4.03. The van der Waals surface area contributed by atoms with E-state index in [2.05, 4.69) is 15.6 Å². The molecule has 0 spiro atoms. The Hall–Kier alpha value is -2.12. The van der Waals surface area contributed by atoms with Gasteiger partial charge in [-0.2, -0.15) is 0 Å². The number of halogens is 1. The molecule has 3 N–H and O–H groups in total. The number of rotatable bonds is 3. The number of urea groups is 1. The van der Waals surface area contributed by atoms with Crippen LogP contribution in [-0.2, 0) is 0 Å². The van der Waals surface area contributed by atoms with Gasteiger partial charge in [-0.25, -0.2) is 14.6 Å². The van der Waals surface area contributed by atoms with E-state index >= 15 is 0 Å². The van der Waals surface area contributed by atoms with E-state index in [1.165, 1.54) is 29.5 Å². The van der Waals surface area contributed by atoms with Crippen LogP contribution in [0.15, 0.2) is 18.2 Å². The summed E-state index contributed by atoms with van der Waals surface area (Å²) in [5.74, 6) is -1.10. The summed E-state index contributed by atoms with van der Waals surface area (Å²) >= 11 is 7.28. The Balaban J connectivity index is 2.12. The molecule has 0 saturated heterocycles. The lowest BCUT2D eigenvalue weighted by Crippen LogP contribution is -2.19. The van der Waals surface area contributed by atoms with Gasteiger partial charge in [0.1, 0.15) is 0 Å². The van der Waals surface area contributed by atoms with Crippen molar-refractivity contribution in [3.63, 3.8) is 0 Å². The molecule has 0 radical (unpaired) electrons. The van der Waals surface area contributed by atoms with Crippen LogP contribution >= 0.6 is 22.9 Å². The van der Waals surface area contributed by atoms with Gasteiger partial charge in [0.25, 0.3) is 0 Å². The molecular formula is C13H12ClN3O3S. The minimum atomic E-state index is -1.10. The van der Waals surface area contributed by atoms with Crippen LogP contribution in [0.2, 0.25) is 5.02 Å². The number of hydrogen-bond acceptors (Lipinski definition) is 4. The molecule has 1 aromatic carbocycles. The number of carbonyl (C=O) groups is 2. The maximum Gasteiger partial charge on any atom is 0.335 e. The highest BCUT2D eigenvalue weighted by Gasteiger charge is 2.12. The highest BCUT2D eigenvalue weighted by atomic mass is 35.5. The van der Waals surface area contributed by atoms with Crippen LogP contribution in [0.5, 0.6) is 0 Å². The first-order valence-corrected chi connectivity index (χ1v) is 7.11. The summed E-state index contributed by atoms with van der Waals surface area (Å²) < 4.78 is 0. The van der Waals surface area contributed by atoms with Gasteiger partial charge in [0.15, 0.2) is 5.13 Å². The van der Waals surface area contributed by atoms with Crippen LogP contribution in [-0.4, -0.2) is 22.1 Å². The van der Waals surface area contributed by atoms with Crippen LogP contribution in [0.25, 0.3) is 0 Å². The lowest BCUT2D eigenvalue weighted by molar-refractivity contribution is 0.0697. The molecule has 8 heteroatoms. The minimum absolute atomic E-state index is 0.0376. The average Bonchev–Trinajstić information content (AvgIpc) is 2.70. The Kier molecular flexibility index (Phi) is 4.44. The average molecular weight is 326 g/mol. The third kappa shape index (κ3) is 3.71. The van der Waals surface area contributed by atoms with Gasteiger partial charge in [-0.1, -0.05) is 11.6 Å². The number of nitrogens with one attached hydrogen (secondary N) is 2. The van der Waals surface area contributed by atoms with E-state index in [1.807, 2.05) is 13.8 Å². The summed E-state index contributed by atoms with van der Waals surface area (Å²) in [5.41, 5.74) is 1.11. The van der Waals surface area contributed by atoms with Gasteiger partial charge in [0.05, 0.1) is 22.0 Å². The summed E-state index contributed by atoms with van der Waals surface area (Å²) in [6.07, 6.45) is 0. The first-order chi connectivity index (χ1) is 9.86. The van der Waals surface area contributed by atoms with Gasteiger partial charge in [-0.3, -0.25) is 5.32 Å². The Bertz CT molecular complexity index is 695. The summed E-state index contributed by atoms with van der Waals surface area (Å²) in [6.45, 7) is 3.76. The molecule has 0 aliphatic rings. The highest BCUT2D eigenvalue weighted by molar-refractivity contribution is 7.15. The Morgan fingerprint density at radius 3 is 2.57 bits per heavy atom. The second-order valence-electron chi connectivity index (χ2n) is 4.24. The van der Waals surface area contributed by atoms with E-state index in [4.69, 9.17) is 16.7 Å². The SMILES string of the molecule is Cc1nc(NC(=O)Nc2cc(C(=O)O)ccc2Cl)sc1C. The van der Waals surface area contributed by atoms with Crippen LogP contribution in [0.1, 0.15) is 20.9 Å². The van der Waals surface area contributed by atoms with Crippen molar-refractivity contribution in [3.8, 4) is 0 Å². The summed E-state index contributed by atoms with van der Waals surface area (Å²) in [7, 11) is 0. The first-order valence-electron chi connectivity index (χ1n) is 5.91. The van der Waals surface area contributed by atoms with Gasteiger partial charge in [0, 0.05) is 4.88 Å². The number of hydrogen-bond donors (Lipinski definition) is 3. The summed E-state index contributed by atoms with van der Waals surface area (Å²) in [6, 6.07) is 3.54. The number of aryl methyl sites for hydroxylation is 2. The third-order valence-electron chi connectivity index (χ3n) is 2.71. The van der Waals surface area contributed by atoms with E-state index in [9.17, 15) is 9.59 Å². The van der Waals surface area contributed by atoms with Gasteiger partial charge in [-0.05, 0) is 32.0 Å². The number of anilines is 2.